The summed E-state index contributed by atoms with van der Waals surface area (Å²) in [4.78, 5) is 25.5. The number of rotatable bonds is 7. The number of nitrogens with zero attached hydrogens (tertiary/aromatic N) is 4. The van der Waals surface area contributed by atoms with Gasteiger partial charge in [-0.1, -0.05) is 25.0 Å². The first-order valence-corrected chi connectivity index (χ1v) is 12.8. The maximum Gasteiger partial charge on any atom is 0.434 e. The van der Waals surface area contributed by atoms with Gasteiger partial charge in [-0.25, -0.2) is 15.0 Å². The van der Waals surface area contributed by atoms with Gasteiger partial charge in [0.2, 0.25) is 5.91 Å². The number of primary amides is 1. The Bertz CT molecular complexity index is 1250. The van der Waals surface area contributed by atoms with Gasteiger partial charge in [0, 0.05) is 42.3 Å². The quantitative estimate of drug-likeness (QED) is 0.416. The van der Waals surface area contributed by atoms with Gasteiger partial charge in [-0.3, -0.25) is 4.79 Å². The van der Waals surface area contributed by atoms with Crippen LogP contribution in [0.4, 0.5) is 25.0 Å². The van der Waals surface area contributed by atoms with E-state index in [-0.39, 0.29) is 18.1 Å². The van der Waals surface area contributed by atoms with E-state index in [1.54, 1.807) is 24.4 Å². The number of hydrogen-bond donors (Lipinski definition) is 3. The van der Waals surface area contributed by atoms with Crippen molar-refractivity contribution in [2.24, 2.45) is 5.73 Å². The molecule has 1 aliphatic carbocycles. The first-order valence-electron chi connectivity index (χ1n) is 12.8. The highest BCUT2D eigenvalue weighted by Crippen LogP contribution is 2.29. The van der Waals surface area contributed by atoms with Gasteiger partial charge in [0.1, 0.15) is 5.82 Å². The zero-order chi connectivity index (χ0) is 26.7. The van der Waals surface area contributed by atoms with Crippen LogP contribution in [0.2, 0.25) is 0 Å². The summed E-state index contributed by atoms with van der Waals surface area (Å²) in [5.41, 5.74) is 5.52. The first kappa shape index (κ1) is 26.0. The molecule has 12 heteroatoms. The van der Waals surface area contributed by atoms with Crippen molar-refractivity contribution in [3.05, 3.63) is 54.1 Å². The third-order valence-corrected chi connectivity index (χ3v) is 7.14. The molecule has 38 heavy (non-hydrogen) atoms. The van der Waals surface area contributed by atoms with Crippen molar-refractivity contribution in [3.8, 4) is 11.3 Å². The number of piperidine rings is 1. The number of nitrogens with one attached hydrogen (secondary N) is 2. The second-order valence-corrected chi connectivity index (χ2v) is 9.83. The number of alkyl halides is 3. The number of nitrogens with two attached hydrogens (primary N) is 1. The molecule has 1 aromatic carbocycles. The van der Waals surface area contributed by atoms with Gasteiger partial charge < -0.3 is 25.7 Å². The zero-order valence-corrected chi connectivity index (χ0v) is 20.7. The Labute approximate surface area is 218 Å². The molecule has 0 spiro atoms. The van der Waals surface area contributed by atoms with Crippen molar-refractivity contribution in [2.75, 3.05) is 23.3 Å². The Hall–Kier alpha value is -3.67. The summed E-state index contributed by atoms with van der Waals surface area (Å²) >= 11 is 0. The Morgan fingerprint density at radius 3 is 2.58 bits per heavy atom. The Kier molecular flexibility index (Phi) is 7.50. The van der Waals surface area contributed by atoms with Gasteiger partial charge in [0.15, 0.2) is 11.5 Å². The molecule has 2 aliphatic rings. The van der Waals surface area contributed by atoms with Crippen LogP contribution in [-0.2, 0) is 6.18 Å². The molecular formula is C26H30F3N7O2. The van der Waals surface area contributed by atoms with Gasteiger partial charge in [-0.15, -0.1) is 0 Å². The minimum absolute atomic E-state index is 0.105. The molecule has 2 fully saturated rings. The fraction of sp³-hybridized carbons (Fsp3) is 0.462. The summed E-state index contributed by atoms with van der Waals surface area (Å²) in [5, 5.41) is 7.21. The number of carbonyl (C=O) groups excluding carboxylic acids is 1. The average Bonchev–Trinajstić information content (AvgIpc) is 3.38. The highest BCUT2D eigenvalue weighted by atomic mass is 19.4. The fourth-order valence-electron chi connectivity index (χ4n) is 5.22. The van der Waals surface area contributed by atoms with E-state index in [0.29, 0.717) is 35.3 Å². The van der Waals surface area contributed by atoms with E-state index in [1.165, 1.54) is 6.20 Å². The van der Waals surface area contributed by atoms with Crippen molar-refractivity contribution in [1.82, 2.24) is 20.3 Å². The van der Waals surface area contributed by atoms with Gasteiger partial charge in [0.05, 0.1) is 18.6 Å². The van der Waals surface area contributed by atoms with Crippen LogP contribution in [0.3, 0.4) is 0 Å². The molecule has 1 aliphatic heterocycles. The lowest BCUT2D eigenvalue weighted by Crippen LogP contribution is -2.55. The molecule has 2 aromatic heterocycles. The van der Waals surface area contributed by atoms with E-state index in [2.05, 4.69) is 25.6 Å². The lowest BCUT2D eigenvalue weighted by Gasteiger charge is -2.39. The maximum atomic E-state index is 12.8. The molecule has 0 unspecified atom stereocenters. The van der Waals surface area contributed by atoms with Crippen molar-refractivity contribution in [3.63, 3.8) is 0 Å². The number of amides is 1. The molecule has 3 heterocycles. The smallest absolute Gasteiger partial charge is 0.424 e. The monoisotopic (exact) mass is 529 g/mol. The highest BCUT2D eigenvalue weighted by Gasteiger charge is 2.34. The van der Waals surface area contributed by atoms with Crippen LogP contribution in [0.5, 0.6) is 0 Å². The lowest BCUT2D eigenvalue weighted by atomic mass is 9.89. The van der Waals surface area contributed by atoms with E-state index >= 15 is 0 Å². The Morgan fingerprint density at radius 1 is 1.03 bits per heavy atom. The Morgan fingerprint density at radius 2 is 1.84 bits per heavy atom. The number of hydrogen-bond acceptors (Lipinski definition) is 8. The highest BCUT2D eigenvalue weighted by molar-refractivity contribution is 5.93. The summed E-state index contributed by atoms with van der Waals surface area (Å²) in [6.45, 7) is 1.36. The molecule has 4 N–H and O–H groups in total. The van der Waals surface area contributed by atoms with Crippen LogP contribution < -0.4 is 21.3 Å². The van der Waals surface area contributed by atoms with Crippen molar-refractivity contribution >= 4 is 17.7 Å². The van der Waals surface area contributed by atoms with Gasteiger partial charge in [-0.2, -0.15) is 13.2 Å². The second-order valence-electron chi connectivity index (χ2n) is 9.83. The van der Waals surface area contributed by atoms with Crippen LogP contribution >= 0.6 is 0 Å². The van der Waals surface area contributed by atoms with Crippen LogP contribution in [-0.4, -0.2) is 52.1 Å². The van der Waals surface area contributed by atoms with Crippen LogP contribution in [0, 0.1) is 0 Å². The molecular weight excluding hydrogens is 499 g/mol. The molecule has 3 aromatic rings. The minimum atomic E-state index is -4.50. The molecule has 3 atom stereocenters. The van der Waals surface area contributed by atoms with Crippen LogP contribution in [0.25, 0.3) is 11.3 Å². The first-order chi connectivity index (χ1) is 18.3. The third kappa shape index (κ3) is 6.07. The number of aromatic nitrogens is 3. The van der Waals surface area contributed by atoms with Crippen molar-refractivity contribution < 1.29 is 22.4 Å². The van der Waals surface area contributed by atoms with Crippen LogP contribution in [0.1, 0.15) is 54.6 Å². The van der Waals surface area contributed by atoms with Gasteiger partial charge >= 0.3 is 6.18 Å². The van der Waals surface area contributed by atoms with Crippen LogP contribution in [0.15, 0.2) is 47.3 Å². The summed E-state index contributed by atoms with van der Waals surface area (Å²) in [6.07, 6.45) is 5.12. The molecule has 1 saturated carbocycles. The minimum Gasteiger partial charge on any atom is -0.424 e. The standard InChI is InChI=1S/C26H30F3N7O2/c27-26(28,29)22-13-32-23(14-31-22)36-10-4-7-18(15-36)34-19-8-1-2-9-20(19)35-25-33-12-21(38-25)16-5-3-6-17(11-16)24(30)37/h3,5-6,11-14,18-20,34H,1-2,4,7-10,15H2,(H2,30,37)(H,33,35)/t18-,19+,20+/m0/s1. The summed E-state index contributed by atoms with van der Waals surface area (Å²) in [6, 6.07) is 7.76. The molecule has 1 amide bonds. The van der Waals surface area contributed by atoms with E-state index in [9.17, 15) is 18.0 Å². The average molecular weight is 530 g/mol. The fourth-order valence-corrected chi connectivity index (χ4v) is 5.22. The summed E-state index contributed by atoms with van der Waals surface area (Å²) in [5.74, 6) is 0.486. The van der Waals surface area contributed by atoms with E-state index in [1.807, 2.05) is 11.0 Å². The van der Waals surface area contributed by atoms with E-state index < -0.39 is 17.8 Å². The van der Waals surface area contributed by atoms with E-state index in [4.69, 9.17) is 10.2 Å². The predicted molar refractivity (Wildman–Crippen MR) is 136 cm³/mol. The topological polar surface area (TPSA) is 122 Å². The number of halogens is 3. The zero-order valence-electron chi connectivity index (χ0n) is 20.7. The molecule has 5 rings (SSSR count). The Balaban J connectivity index is 1.22. The number of oxazole rings is 1. The maximum absolute atomic E-state index is 12.8. The number of anilines is 2. The second kappa shape index (κ2) is 11.0. The van der Waals surface area contributed by atoms with Crippen molar-refractivity contribution in [2.45, 2.75) is 62.8 Å². The third-order valence-electron chi connectivity index (χ3n) is 7.14. The largest absolute Gasteiger partial charge is 0.434 e. The lowest BCUT2D eigenvalue weighted by molar-refractivity contribution is -0.141. The number of carbonyl (C=O) groups is 1. The molecule has 0 radical (unpaired) electrons. The van der Waals surface area contributed by atoms with Gasteiger partial charge in [0.25, 0.3) is 6.01 Å². The summed E-state index contributed by atoms with van der Waals surface area (Å²) in [7, 11) is 0. The normalized spacial score (nSPS) is 22.3. The van der Waals surface area contributed by atoms with E-state index in [0.717, 1.165) is 51.3 Å². The molecule has 202 valence electrons. The predicted octanol–water partition coefficient (Wildman–Crippen LogP) is 4.23. The molecule has 0 bridgehead atoms. The molecule has 1 saturated heterocycles. The summed E-state index contributed by atoms with van der Waals surface area (Å²) < 4.78 is 44.5. The van der Waals surface area contributed by atoms with Gasteiger partial charge in [-0.05, 0) is 37.8 Å². The van der Waals surface area contributed by atoms with Crippen molar-refractivity contribution in [1.29, 1.82) is 0 Å². The SMILES string of the molecule is NC(=O)c1cccc(-c2cnc(N[C@@H]3CCCC[C@H]3N[C@H]3CCCN(c4cnc(C(F)(F)F)cn4)C3)o2)c1. The molecule has 9 nitrogen and oxygen atoms in total. The number of benzene rings is 1.